The van der Waals surface area contributed by atoms with Crippen LogP contribution in [0.2, 0.25) is 0 Å². The molecule has 3 rings (SSSR count). The third-order valence-corrected chi connectivity index (χ3v) is 5.89. The Hall–Kier alpha value is -1.24. The number of halogens is 1. The number of thiazole rings is 1. The minimum atomic E-state index is -1.06. The molecule has 1 unspecified atom stereocenters. The molecular formula is C17H20BrN3OS. The zero-order valence-corrected chi connectivity index (χ0v) is 15.5. The van der Waals surface area contributed by atoms with Gasteiger partial charge in [0.05, 0.1) is 12.2 Å². The van der Waals surface area contributed by atoms with Crippen molar-refractivity contribution in [3.63, 3.8) is 0 Å². The molecule has 0 bridgehead atoms. The normalized spacial score (nSPS) is 16.5. The van der Waals surface area contributed by atoms with Gasteiger partial charge in [-0.15, -0.1) is 11.3 Å². The number of carbonyl (C=O) groups excluding carboxylic acids is 1. The van der Waals surface area contributed by atoms with Crippen LogP contribution < -0.4 is 11.1 Å². The van der Waals surface area contributed by atoms with Crippen LogP contribution in [0.25, 0.3) is 0 Å². The lowest BCUT2D eigenvalue weighted by atomic mass is 9.92. The summed E-state index contributed by atoms with van der Waals surface area (Å²) in [6.07, 6.45) is 4.64. The number of hydrogen-bond donors (Lipinski definition) is 2. The summed E-state index contributed by atoms with van der Waals surface area (Å²) >= 11 is 5.10. The van der Waals surface area contributed by atoms with Crippen molar-refractivity contribution in [2.45, 2.75) is 44.7 Å². The fraction of sp³-hybridized carbons (Fsp3) is 0.412. The number of nitrogens with one attached hydrogen (secondary N) is 1. The van der Waals surface area contributed by atoms with E-state index >= 15 is 0 Å². The molecule has 3 N–H and O–H groups in total. The van der Waals surface area contributed by atoms with Crippen LogP contribution in [0.5, 0.6) is 0 Å². The van der Waals surface area contributed by atoms with E-state index in [4.69, 9.17) is 5.73 Å². The van der Waals surface area contributed by atoms with Crippen LogP contribution in [0.3, 0.4) is 0 Å². The van der Waals surface area contributed by atoms with Gasteiger partial charge in [0.2, 0.25) is 5.91 Å². The summed E-state index contributed by atoms with van der Waals surface area (Å²) in [5.41, 5.74) is 7.20. The first-order chi connectivity index (χ1) is 11.0. The fourth-order valence-electron chi connectivity index (χ4n) is 2.75. The van der Waals surface area contributed by atoms with Crippen LogP contribution in [0.4, 0.5) is 0 Å². The molecule has 1 aromatic heterocycles. The summed E-state index contributed by atoms with van der Waals surface area (Å²) in [6.45, 7) is 2.18. The molecule has 0 fully saturated rings. The van der Waals surface area contributed by atoms with Crippen molar-refractivity contribution in [3.05, 3.63) is 49.9 Å². The Bertz CT molecular complexity index is 686. The average molecular weight is 394 g/mol. The number of hydrogen-bond acceptors (Lipinski definition) is 4. The first-order valence-corrected chi connectivity index (χ1v) is 9.38. The minimum absolute atomic E-state index is 0.187. The third-order valence-electron chi connectivity index (χ3n) is 4.21. The van der Waals surface area contributed by atoms with Crippen molar-refractivity contribution in [3.8, 4) is 0 Å². The number of aromatic nitrogens is 1. The molecule has 1 aliphatic carbocycles. The van der Waals surface area contributed by atoms with Crippen molar-refractivity contribution in [1.29, 1.82) is 0 Å². The Morgan fingerprint density at radius 3 is 2.74 bits per heavy atom. The van der Waals surface area contributed by atoms with Crippen LogP contribution in [-0.2, 0) is 29.7 Å². The van der Waals surface area contributed by atoms with Crippen LogP contribution in [-0.4, -0.2) is 10.9 Å². The smallest absolute Gasteiger partial charge is 0.244 e. The summed E-state index contributed by atoms with van der Waals surface area (Å²) in [5, 5.41) is 3.90. The van der Waals surface area contributed by atoms with Gasteiger partial charge >= 0.3 is 0 Å². The molecule has 2 aromatic rings. The van der Waals surface area contributed by atoms with Crippen LogP contribution in [0.15, 0.2) is 28.7 Å². The lowest BCUT2D eigenvalue weighted by Crippen LogP contribution is -2.48. The zero-order valence-electron chi connectivity index (χ0n) is 13.1. The Labute approximate surface area is 148 Å². The van der Waals surface area contributed by atoms with Gasteiger partial charge in [-0.05, 0) is 50.3 Å². The lowest BCUT2D eigenvalue weighted by molar-refractivity contribution is -0.126. The maximum absolute atomic E-state index is 12.5. The van der Waals surface area contributed by atoms with E-state index in [1.807, 2.05) is 24.3 Å². The van der Waals surface area contributed by atoms with Gasteiger partial charge < -0.3 is 11.1 Å². The van der Waals surface area contributed by atoms with E-state index in [0.717, 1.165) is 27.9 Å². The number of benzene rings is 1. The predicted molar refractivity (Wildman–Crippen MR) is 96.3 cm³/mol. The number of aryl methyl sites for hydroxylation is 2. The van der Waals surface area contributed by atoms with Gasteiger partial charge in [0.1, 0.15) is 10.5 Å². The highest BCUT2D eigenvalue weighted by molar-refractivity contribution is 9.10. The van der Waals surface area contributed by atoms with Gasteiger partial charge in [0.15, 0.2) is 0 Å². The lowest BCUT2D eigenvalue weighted by Gasteiger charge is -2.24. The van der Waals surface area contributed by atoms with Crippen molar-refractivity contribution in [2.75, 3.05) is 0 Å². The number of amides is 1. The molecule has 1 amide bonds. The van der Waals surface area contributed by atoms with E-state index in [1.54, 1.807) is 18.3 Å². The summed E-state index contributed by atoms with van der Waals surface area (Å²) in [4.78, 5) is 18.5. The third kappa shape index (κ3) is 3.65. The average Bonchev–Trinajstić information content (AvgIpc) is 2.95. The van der Waals surface area contributed by atoms with E-state index in [1.165, 1.54) is 23.4 Å². The molecule has 0 aliphatic heterocycles. The van der Waals surface area contributed by atoms with Gasteiger partial charge in [-0.2, -0.15) is 0 Å². The highest BCUT2D eigenvalue weighted by Gasteiger charge is 2.30. The van der Waals surface area contributed by atoms with Gasteiger partial charge in [-0.25, -0.2) is 4.98 Å². The zero-order chi connectivity index (χ0) is 16.4. The van der Waals surface area contributed by atoms with E-state index in [0.29, 0.717) is 6.54 Å². The summed E-state index contributed by atoms with van der Waals surface area (Å²) in [7, 11) is 0. The second kappa shape index (κ2) is 6.71. The molecule has 4 nitrogen and oxygen atoms in total. The summed E-state index contributed by atoms with van der Waals surface area (Å²) in [5.74, 6) is -0.187. The maximum atomic E-state index is 12.5. The first-order valence-electron chi connectivity index (χ1n) is 7.77. The molecule has 122 valence electrons. The summed E-state index contributed by atoms with van der Waals surface area (Å²) < 4.78 is 0.964. The van der Waals surface area contributed by atoms with Crippen LogP contribution >= 0.6 is 27.3 Å². The Morgan fingerprint density at radius 1 is 1.35 bits per heavy atom. The number of nitrogens with zero attached hydrogens (tertiary/aromatic N) is 1. The Balaban J connectivity index is 1.66. The first kappa shape index (κ1) is 16.6. The SMILES string of the molecule is CC(N)(C(=O)NCc1nc2c(s1)CCCC2)c1ccc(Br)cc1. The monoisotopic (exact) mass is 393 g/mol. The summed E-state index contributed by atoms with van der Waals surface area (Å²) in [6, 6.07) is 7.52. The molecule has 1 heterocycles. The Morgan fingerprint density at radius 2 is 2.04 bits per heavy atom. The van der Waals surface area contributed by atoms with Crippen molar-refractivity contribution < 1.29 is 4.79 Å². The van der Waals surface area contributed by atoms with Crippen molar-refractivity contribution in [1.82, 2.24) is 10.3 Å². The van der Waals surface area contributed by atoms with E-state index in [2.05, 4.69) is 26.2 Å². The van der Waals surface area contributed by atoms with Gasteiger partial charge in [-0.1, -0.05) is 28.1 Å². The number of carbonyl (C=O) groups is 1. The highest BCUT2D eigenvalue weighted by atomic mass is 79.9. The van der Waals surface area contributed by atoms with Crippen LogP contribution in [0, 0.1) is 0 Å². The van der Waals surface area contributed by atoms with Crippen molar-refractivity contribution >= 4 is 33.2 Å². The molecule has 23 heavy (non-hydrogen) atoms. The van der Waals surface area contributed by atoms with E-state index < -0.39 is 5.54 Å². The molecule has 0 spiro atoms. The molecule has 1 aromatic carbocycles. The largest absolute Gasteiger partial charge is 0.348 e. The highest BCUT2D eigenvalue weighted by Crippen LogP contribution is 2.27. The number of nitrogens with two attached hydrogens (primary N) is 1. The molecule has 0 saturated heterocycles. The topological polar surface area (TPSA) is 68.0 Å². The van der Waals surface area contributed by atoms with E-state index in [9.17, 15) is 4.79 Å². The molecule has 0 saturated carbocycles. The second-order valence-corrected chi connectivity index (χ2v) is 8.16. The van der Waals surface area contributed by atoms with Crippen molar-refractivity contribution in [2.24, 2.45) is 5.73 Å². The molecule has 6 heteroatoms. The standard InChI is InChI=1S/C17H20BrN3OS/c1-17(19,11-6-8-12(18)9-7-11)16(22)20-10-15-21-13-4-2-3-5-14(13)23-15/h6-9H,2-5,10,19H2,1H3,(H,20,22). The fourth-order valence-corrected chi connectivity index (χ4v) is 4.11. The van der Waals surface area contributed by atoms with E-state index in [-0.39, 0.29) is 5.91 Å². The van der Waals surface area contributed by atoms with Crippen LogP contribution in [0.1, 0.15) is 40.9 Å². The van der Waals surface area contributed by atoms with Gasteiger partial charge in [0.25, 0.3) is 0 Å². The minimum Gasteiger partial charge on any atom is -0.348 e. The predicted octanol–water partition coefficient (Wildman–Crippen LogP) is 3.27. The second-order valence-electron chi connectivity index (χ2n) is 6.08. The van der Waals surface area contributed by atoms with Gasteiger partial charge in [0, 0.05) is 9.35 Å². The number of fused-ring (bicyclic) bond motifs is 1. The quantitative estimate of drug-likeness (QED) is 0.837. The number of rotatable bonds is 4. The Kier molecular flexibility index (Phi) is 4.85. The van der Waals surface area contributed by atoms with Gasteiger partial charge in [-0.3, -0.25) is 4.79 Å². The molecular weight excluding hydrogens is 374 g/mol. The molecule has 1 atom stereocenters. The molecule has 1 aliphatic rings. The molecule has 0 radical (unpaired) electrons. The maximum Gasteiger partial charge on any atom is 0.244 e.